The molecule has 0 aliphatic carbocycles. The molecule has 2 aliphatic rings. The lowest BCUT2D eigenvalue weighted by molar-refractivity contribution is -0.384. The number of ketones is 1. The average Bonchev–Trinajstić information content (AvgIpc) is 3.31. The number of ether oxygens (including phenoxy) is 3. The Labute approximate surface area is 230 Å². The zero-order chi connectivity index (χ0) is 28.6. The number of esters is 1. The number of nitro benzene ring substituents is 1. The summed E-state index contributed by atoms with van der Waals surface area (Å²) in [5, 5.41) is 22.3. The molecule has 10 heteroatoms. The van der Waals surface area contributed by atoms with Gasteiger partial charge >= 0.3 is 5.97 Å². The van der Waals surface area contributed by atoms with Crippen molar-refractivity contribution in [3.8, 4) is 17.6 Å². The second-order valence-corrected chi connectivity index (χ2v) is 9.45. The lowest BCUT2D eigenvalue weighted by Crippen LogP contribution is -2.46. The number of nitriles is 1. The zero-order valence-corrected chi connectivity index (χ0v) is 21.9. The van der Waals surface area contributed by atoms with Crippen LogP contribution in [-0.2, 0) is 9.53 Å². The standard InChI is InChI=1S/C30H25N3O7/c1-38-23-13-11-19(16-24(23)39-2)26-27(28(34)20-8-6-9-21(15-20)33(36)37)32-22-10-5-4-7-18(22)12-14-25(32)30(26,17-31)29(35)40-3/h4-16,25-27H,1-3H3/t25-,26+,27-,30+/m0/s1. The van der Waals surface area contributed by atoms with Crippen LogP contribution in [0.1, 0.15) is 27.4 Å². The predicted molar refractivity (Wildman–Crippen MR) is 145 cm³/mol. The van der Waals surface area contributed by atoms with Crippen LogP contribution >= 0.6 is 0 Å². The van der Waals surface area contributed by atoms with Crippen LogP contribution in [0.25, 0.3) is 6.08 Å². The molecule has 3 aromatic rings. The highest BCUT2D eigenvalue weighted by Crippen LogP contribution is 2.57. The van der Waals surface area contributed by atoms with Gasteiger partial charge in [0.2, 0.25) is 0 Å². The first-order valence-corrected chi connectivity index (χ1v) is 12.4. The van der Waals surface area contributed by atoms with E-state index in [2.05, 4.69) is 6.07 Å². The van der Waals surface area contributed by atoms with Gasteiger partial charge in [0.05, 0.1) is 38.4 Å². The number of anilines is 1. The molecular formula is C30H25N3O7. The van der Waals surface area contributed by atoms with Crippen molar-refractivity contribution in [1.82, 2.24) is 0 Å². The molecule has 202 valence electrons. The Morgan fingerprint density at radius 2 is 1.75 bits per heavy atom. The number of methoxy groups -OCH3 is 3. The molecule has 1 saturated heterocycles. The highest BCUT2D eigenvalue weighted by Gasteiger charge is 2.67. The van der Waals surface area contributed by atoms with Gasteiger partial charge in [-0.25, -0.2) is 0 Å². The molecule has 0 bridgehead atoms. The number of fused-ring (bicyclic) bond motifs is 3. The summed E-state index contributed by atoms with van der Waals surface area (Å²) in [4.78, 5) is 40.9. The van der Waals surface area contributed by atoms with Gasteiger partial charge in [0.1, 0.15) is 6.04 Å². The molecule has 0 N–H and O–H groups in total. The summed E-state index contributed by atoms with van der Waals surface area (Å²) < 4.78 is 16.1. The lowest BCUT2D eigenvalue weighted by Gasteiger charge is -2.36. The number of non-ortho nitro benzene ring substituents is 1. The van der Waals surface area contributed by atoms with Crippen LogP contribution in [0.3, 0.4) is 0 Å². The van der Waals surface area contributed by atoms with Crippen LogP contribution in [0.2, 0.25) is 0 Å². The van der Waals surface area contributed by atoms with Gasteiger partial charge in [-0.15, -0.1) is 0 Å². The largest absolute Gasteiger partial charge is 0.493 e. The topological polar surface area (TPSA) is 132 Å². The number of nitrogens with zero attached hydrogens (tertiary/aromatic N) is 3. The monoisotopic (exact) mass is 539 g/mol. The first kappa shape index (κ1) is 26.4. The van der Waals surface area contributed by atoms with Crippen molar-refractivity contribution >= 4 is 29.2 Å². The summed E-state index contributed by atoms with van der Waals surface area (Å²) in [7, 11) is 4.15. The fraction of sp³-hybridized carbons (Fsp3) is 0.233. The van der Waals surface area contributed by atoms with Gasteiger partial charge in [0.15, 0.2) is 22.7 Å². The van der Waals surface area contributed by atoms with Crippen molar-refractivity contribution in [3.63, 3.8) is 0 Å². The van der Waals surface area contributed by atoms with E-state index in [4.69, 9.17) is 14.2 Å². The molecule has 0 radical (unpaired) electrons. The molecule has 40 heavy (non-hydrogen) atoms. The number of hydrogen-bond acceptors (Lipinski definition) is 9. The first-order chi connectivity index (χ1) is 19.3. The van der Waals surface area contributed by atoms with Gasteiger partial charge in [-0.05, 0) is 29.3 Å². The molecule has 0 saturated carbocycles. The molecule has 3 aromatic carbocycles. The summed E-state index contributed by atoms with van der Waals surface area (Å²) >= 11 is 0. The highest BCUT2D eigenvalue weighted by atomic mass is 16.6. The van der Waals surface area contributed by atoms with E-state index in [0.717, 1.165) is 5.56 Å². The van der Waals surface area contributed by atoms with Crippen LogP contribution in [0.5, 0.6) is 11.5 Å². The first-order valence-electron chi connectivity index (χ1n) is 12.4. The minimum atomic E-state index is -1.86. The van der Waals surface area contributed by atoms with E-state index < -0.39 is 40.1 Å². The van der Waals surface area contributed by atoms with Crippen molar-refractivity contribution in [2.45, 2.75) is 18.0 Å². The third-order valence-corrected chi connectivity index (χ3v) is 7.63. The molecule has 10 nitrogen and oxygen atoms in total. The minimum absolute atomic E-state index is 0.0778. The number of carbonyl (C=O) groups excluding carboxylic acids is 2. The molecule has 0 spiro atoms. The van der Waals surface area contributed by atoms with Gasteiger partial charge in [-0.1, -0.05) is 48.6 Å². The summed E-state index contributed by atoms with van der Waals surface area (Å²) in [5.74, 6) is -1.58. The van der Waals surface area contributed by atoms with Crippen LogP contribution < -0.4 is 14.4 Å². The molecule has 4 atom stereocenters. The fourth-order valence-electron chi connectivity index (χ4n) is 5.90. The third kappa shape index (κ3) is 3.86. The molecular weight excluding hydrogens is 514 g/mol. The maximum Gasteiger partial charge on any atom is 0.329 e. The van der Waals surface area contributed by atoms with Crippen molar-refractivity contribution in [3.05, 3.63) is 99.6 Å². The Bertz CT molecular complexity index is 1590. The predicted octanol–water partition coefficient (Wildman–Crippen LogP) is 4.55. The smallest absolute Gasteiger partial charge is 0.329 e. The van der Waals surface area contributed by atoms with Gasteiger partial charge < -0.3 is 19.1 Å². The number of para-hydroxylation sites is 1. The number of hydrogen-bond donors (Lipinski definition) is 0. The molecule has 0 amide bonds. The van der Waals surface area contributed by atoms with Crippen molar-refractivity contribution in [2.75, 3.05) is 26.2 Å². The Balaban J connectivity index is 1.82. The van der Waals surface area contributed by atoms with Gasteiger partial charge in [0.25, 0.3) is 5.69 Å². The van der Waals surface area contributed by atoms with E-state index in [-0.39, 0.29) is 11.3 Å². The maximum absolute atomic E-state index is 14.5. The summed E-state index contributed by atoms with van der Waals surface area (Å²) in [5.41, 5.74) is -0.130. The van der Waals surface area contributed by atoms with E-state index in [1.165, 1.54) is 45.6 Å². The summed E-state index contributed by atoms with van der Waals surface area (Å²) in [6.07, 6.45) is 3.55. The highest BCUT2D eigenvalue weighted by molar-refractivity contribution is 6.06. The number of Topliss-reactive ketones (excluding diaryl/α,β-unsaturated/α-hetero) is 1. The summed E-state index contributed by atoms with van der Waals surface area (Å²) in [6.45, 7) is 0. The summed E-state index contributed by atoms with van der Waals surface area (Å²) in [6, 6.07) is 18.0. The van der Waals surface area contributed by atoms with Crippen molar-refractivity contribution in [1.29, 1.82) is 5.26 Å². The molecule has 1 fully saturated rings. The second kappa shape index (κ2) is 10.2. The quantitative estimate of drug-likeness (QED) is 0.184. The lowest BCUT2D eigenvalue weighted by atomic mass is 9.68. The third-order valence-electron chi connectivity index (χ3n) is 7.63. The van der Waals surface area contributed by atoms with Crippen LogP contribution in [0, 0.1) is 26.9 Å². The molecule has 5 rings (SSSR count). The number of nitro groups is 1. The Kier molecular flexibility index (Phi) is 6.73. The van der Waals surface area contributed by atoms with E-state index in [1.54, 1.807) is 35.2 Å². The zero-order valence-electron chi connectivity index (χ0n) is 21.9. The Morgan fingerprint density at radius 1 is 1.00 bits per heavy atom. The second-order valence-electron chi connectivity index (χ2n) is 9.45. The molecule has 0 unspecified atom stereocenters. The van der Waals surface area contributed by atoms with E-state index in [0.29, 0.717) is 22.7 Å². The van der Waals surface area contributed by atoms with E-state index in [1.807, 2.05) is 24.3 Å². The Hall–Kier alpha value is -5.17. The van der Waals surface area contributed by atoms with Crippen LogP contribution in [0.4, 0.5) is 11.4 Å². The number of carbonyl (C=O) groups is 2. The fourth-order valence-corrected chi connectivity index (χ4v) is 5.90. The van der Waals surface area contributed by atoms with E-state index >= 15 is 0 Å². The number of rotatable bonds is 7. The minimum Gasteiger partial charge on any atom is -0.493 e. The molecule has 2 aliphatic heterocycles. The van der Waals surface area contributed by atoms with Gasteiger partial charge in [-0.3, -0.25) is 19.7 Å². The van der Waals surface area contributed by atoms with E-state index in [9.17, 15) is 25.0 Å². The van der Waals surface area contributed by atoms with Gasteiger partial charge in [0, 0.05) is 29.3 Å². The molecule has 2 heterocycles. The average molecular weight is 540 g/mol. The van der Waals surface area contributed by atoms with Gasteiger partial charge in [-0.2, -0.15) is 5.26 Å². The van der Waals surface area contributed by atoms with Crippen LogP contribution in [-0.4, -0.2) is 50.1 Å². The maximum atomic E-state index is 14.5. The van der Waals surface area contributed by atoms with Crippen molar-refractivity contribution < 1.29 is 28.7 Å². The SMILES string of the molecule is COC(=O)[C@@]1(C#N)[C@H](c2ccc(OC)c(OC)c2)[C@@H](C(=O)c2cccc([N+](=O)[O-])c2)N2c3ccccc3C=C[C@H]21. The molecule has 0 aromatic heterocycles. The van der Waals surface area contributed by atoms with Crippen molar-refractivity contribution in [2.24, 2.45) is 5.41 Å². The Morgan fingerprint density at radius 3 is 2.42 bits per heavy atom. The van der Waals surface area contributed by atoms with Crippen LogP contribution in [0.15, 0.2) is 72.8 Å². The number of benzene rings is 3. The normalized spacial score (nSPS) is 22.4.